The van der Waals surface area contributed by atoms with Gasteiger partial charge in [0.1, 0.15) is 0 Å². The second kappa shape index (κ2) is 11.4. The number of aryl methyl sites for hydroxylation is 2. The van der Waals surface area contributed by atoms with Gasteiger partial charge in [0.15, 0.2) is 0 Å². The van der Waals surface area contributed by atoms with Crippen molar-refractivity contribution in [3.63, 3.8) is 0 Å². The van der Waals surface area contributed by atoms with Crippen LogP contribution in [0.1, 0.15) is 36.1 Å². The Hall–Kier alpha value is -6.16. The summed E-state index contributed by atoms with van der Waals surface area (Å²) in [6.45, 7) is 9.19. The number of rotatable bonds is 3. The Bertz CT molecular complexity index is 2960. The summed E-state index contributed by atoms with van der Waals surface area (Å²) in [5.41, 5.74) is 17.4. The molecule has 54 heavy (non-hydrogen) atoms. The Morgan fingerprint density at radius 2 is 1.04 bits per heavy atom. The molecule has 1 aliphatic carbocycles. The van der Waals surface area contributed by atoms with Crippen LogP contribution in [0.2, 0.25) is 0 Å². The average Bonchev–Trinajstić information content (AvgIpc) is 3.67. The standard InChI is InChI=1S/C51H38N2S/c1-31-16-23-45-47(26-31)53(44-14-9-11-33-10-5-6-12-37(33)44)48-27-32(2)17-24-46(48)52(45)36-20-22-39-38-21-18-35(29-42(38)51(3,4)43(39)30-36)34-19-25-50-41(28-34)40-13-7-8-15-49(40)54-50/h5-30H,1-4H3. The van der Waals surface area contributed by atoms with Crippen molar-refractivity contribution in [3.05, 3.63) is 180 Å². The Morgan fingerprint density at radius 1 is 0.426 bits per heavy atom. The average molecular weight is 711 g/mol. The zero-order valence-electron chi connectivity index (χ0n) is 30.8. The van der Waals surface area contributed by atoms with E-state index in [0.29, 0.717) is 0 Å². The maximum absolute atomic E-state index is 2.48. The number of fused-ring (bicyclic) bond motifs is 9. The summed E-state index contributed by atoms with van der Waals surface area (Å²) in [4.78, 5) is 4.96. The molecule has 0 atom stereocenters. The first-order chi connectivity index (χ1) is 26.3. The number of benzene rings is 8. The SMILES string of the molecule is Cc1ccc2c(c1)N(c1cccc3ccccc13)c1cc(C)ccc1N2c1ccc2c(c1)C(C)(C)c1cc(-c3ccc4sc5ccccc5c4c3)ccc1-2. The minimum atomic E-state index is -0.174. The predicted molar refractivity (Wildman–Crippen MR) is 232 cm³/mol. The first-order valence-electron chi connectivity index (χ1n) is 18.8. The molecule has 0 N–H and O–H groups in total. The van der Waals surface area contributed by atoms with Gasteiger partial charge in [-0.05, 0) is 130 Å². The normalized spacial score (nSPS) is 14.0. The fourth-order valence-electron chi connectivity index (χ4n) is 9.15. The van der Waals surface area contributed by atoms with E-state index in [-0.39, 0.29) is 5.41 Å². The van der Waals surface area contributed by atoms with Crippen molar-refractivity contribution >= 4 is 76.4 Å². The highest BCUT2D eigenvalue weighted by Gasteiger charge is 2.38. The molecule has 1 aliphatic heterocycles. The quantitative estimate of drug-likeness (QED) is 0.180. The molecule has 3 heteroatoms. The lowest BCUT2D eigenvalue weighted by atomic mass is 9.81. The Balaban J connectivity index is 1.04. The molecule has 2 heterocycles. The van der Waals surface area contributed by atoms with Gasteiger partial charge in [0.2, 0.25) is 0 Å². The van der Waals surface area contributed by atoms with Crippen molar-refractivity contribution in [2.24, 2.45) is 0 Å². The maximum Gasteiger partial charge on any atom is 0.0706 e. The van der Waals surface area contributed by atoms with Crippen LogP contribution in [0.5, 0.6) is 0 Å². The van der Waals surface area contributed by atoms with Crippen LogP contribution in [0.15, 0.2) is 158 Å². The van der Waals surface area contributed by atoms with Crippen LogP contribution >= 0.6 is 11.3 Å². The third-order valence-corrected chi connectivity index (χ3v) is 13.0. The molecule has 0 unspecified atom stereocenters. The van der Waals surface area contributed by atoms with E-state index in [1.165, 1.54) is 110 Å². The van der Waals surface area contributed by atoms with E-state index in [0.717, 1.165) is 0 Å². The van der Waals surface area contributed by atoms with Crippen LogP contribution in [-0.2, 0) is 5.41 Å². The van der Waals surface area contributed by atoms with E-state index >= 15 is 0 Å². The lowest BCUT2D eigenvalue weighted by Gasteiger charge is -2.41. The number of nitrogens with zero attached hydrogens (tertiary/aromatic N) is 2. The highest BCUT2D eigenvalue weighted by molar-refractivity contribution is 7.25. The highest BCUT2D eigenvalue weighted by atomic mass is 32.1. The van der Waals surface area contributed by atoms with Gasteiger partial charge in [0.05, 0.1) is 28.4 Å². The van der Waals surface area contributed by atoms with Gasteiger partial charge in [-0.3, -0.25) is 0 Å². The van der Waals surface area contributed by atoms with Gasteiger partial charge < -0.3 is 9.80 Å². The minimum Gasteiger partial charge on any atom is -0.306 e. The van der Waals surface area contributed by atoms with Gasteiger partial charge in [-0.25, -0.2) is 0 Å². The molecule has 0 radical (unpaired) electrons. The van der Waals surface area contributed by atoms with Gasteiger partial charge >= 0.3 is 0 Å². The van der Waals surface area contributed by atoms with Gasteiger partial charge in [-0.1, -0.05) is 105 Å². The summed E-state index contributed by atoms with van der Waals surface area (Å²) in [5, 5.41) is 5.16. The molecule has 0 saturated heterocycles. The van der Waals surface area contributed by atoms with Crippen LogP contribution < -0.4 is 9.80 Å². The zero-order chi connectivity index (χ0) is 36.3. The van der Waals surface area contributed by atoms with Crippen molar-refractivity contribution in [2.75, 3.05) is 9.80 Å². The maximum atomic E-state index is 2.48. The van der Waals surface area contributed by atoms with Crippen LogP contribution in [0, 0.1) is 13.8 Å². The fourth-order valence-corrected chi connectivity index (χ4v) is 10.2. The smallest absolute Gasteiger partial charge is 0.0706 e. The third-order valence-electron chi connectivity index (χ3n) is 11.9. The lowest BCUT2D eigenvalue weighted by Crippen LogP contribution is -2.25. The molecule has 2 nitrogen and oxygen atoms in total. The summed E-state index contributed by atoms with van der Waals surface area (Å²) in [7, 11) is 0. The predicted octanol–water partition coefficient (Wildman–Crippen LogP) is 15.1. The molecule has 1 aromatic heterocycles. The van der Waals surface area contributed by atoms with Crippen LogP contribution in [0.4, 0.5) is 34.1 Å². The third kappa shape index (κ3) is 4.52. The summed E-state index contributed by atoms with van der Waals surface area (Å²) in [6.07, 6.45) is 0. The van der Waals surface area contributed by atoms with Crippen LogP contribution in [-0.4, -0.2) is 0 Å². The first-order valence-corrected chi connectivity index (χ1v) is 19.7. The van der Waals surface area contributed by atoms with Crippen molar-refractivity contribution < 1.29 is 0 Å². The van der Waals surface area contributed by atoms with E-state index in [2.05, 4.69) is 195 Å². The van der Waals surface area contributed by atoms with Crippen molar-refractivity contribution in [1.29, 1.82) is 0 Å². The molecular weight excluding hydrogens is 673 g/mol. The lowest BCUT2D eigenvalue weighted by molar-refractivity contribution is 0.660. The molecule has 258 valence electrons. The second-order valence-corrected chi connectivity index (χ2v) is 16.7. The zero-order valence-corrected chi connectivity index (χ0v) is 31.6. The Kier molecular flexibility index (Phi) is 6.63. The van der Waals surface area contributed by atoms with Crippen molar-refractivity contribution in [3.8, 4) is 22.3 Å². The van der Waals surface area contributed by atoms with Gasteiger partial charge in [0.25, 0.3) is 0 Å². The van der Waals surface area contributed by atoms with Gasteiger partial charge in [-0.15, -0.1) is 11.3 Å². The molecule has 0 saturated carbocycles. The molecule has 8 aromatic carbocycles. The van der Waals surface area contributed by atoms with Crippen molar-refractivity contribution in [1.82, 2.24) is 0 Å². The number of hydrogen-bond donors (Lipinski definition) is 0. The highest BCUT2D eigenvalue weighted by Crippen LogP contribution is 2.57. The van der Waals surface area contributed by atoms with Crippen LogP contribution in [0.25, 0.3) is 53.2 Å². The topological polar surface area (TPSA) is 6.48 Å². The molecule has 0 spiro atoms. The Labute approximate surface area is 320 Å². The molecule has 0 bridgehead atoms. The monoisotopic (exact) mass is 710 g/mol. The molecule has 0 fully saturated rings. The molecule has 2 aliphatic rings. The Morgan fingerprint density at radius 3 is 1.81 bits per heavy atom. The summed E-state index contributed by atoms with van der Waals surface area (Å²) in [5.74, 6) is 0. The van der Waals surface area contributed by atoms with E-state index in [1.807, 2.05) is 11.3 Å². The fraction of sp³-hybridized carbons (Fsp3) is 0.0980. The van der Waals surface area contributed by atoms with Crippen LogP contribution in [0.3, 0.4) is 0 Å². The molecular formula is C51H38N2S. The number of thiophene rings is 1. The van der Waals surface area contributed by atoms with Crippen molar-refractivity contribution in [2.45, 2.75) is 33.1 Å². The summed E-state index contributed by atoms with van der Waals surface area (Å²) >= 11 is 1.88. The second-order valence-electron chi connectivity index (χ2n) is 15.6. The van der Waals surface area contributed by atoms with E-state index in [1.54, 1.807) is 0 Å². The summed E-state index contributed by atoms with van der Waals surface area (Å²) in [6, 6.07) is 59.2. The van der Waals surface area contributed by atoms with Gasteiger partial charge in [-0.2, -0.15) is 0 Å². The molecule has 0 amide bonds. The largest absolute Gasteiger partial charge is 0.306 e. The number of hydrogen-bond acceptors (Lipinski definition) is 3. The number of anilines is 6. The molecule has 9 aromatic rings. The van der Waals surface area contributed by atoms with E-state index < -0.39 is 0 Å². The summed E-state index contributed by atoms with van der Waals surface area (Å²) < 4.78 is 2.68. The van der Waals surface area contributed by atoms with Gasteiger partial charge in [0, 0.05) is 36.7 Å². The minimum absolute atomic E-state index is 0.174. The van der Waals surface area contributed by atoms with E-state index in [4.69, 9.17) is 0 Å². The first kappa shape index (κ1) is 31.4. The van der Waals surface area contributed by atoms with E-state index in [9.17, 15) is 0 Å². The molecule has 11 rings (SSSR count).